The minimum Gasteiger partial charge on any atom is -0.347 e. The number of rotatable bonds is 4. The highest BCUT2D eigenvalue weighted by Crippen LogP contribution is 2.18. The fourth-order valence-corrected chi connectivity index (χ4v) is 2.41. The molecule has 2 heterocycles. The van der Waals surface area contributed by atoms with Gasteiger partial charge in [0.2, 0.25) is 17.8 Å². The molecule has 1 unspecified atom stereocenters. The van der Waals surface area contributed by atoms with Crippen LogP contribution in [0.4, 0.5) is 17.8 Å². The van der Waals surface area contributed by atoms with Crippen LogP contribution in [0.1, 0.15) is 13.8 Å². The lowest BCUT2D eigenvalue weighted by atomic mass is 10.2. The molecule has 0 spiro atoms. The van der Waals surface area contributed by atoms with Gasteiger partial charge in [-0.05, 0) is 13.5 Å². The first-order chi connectivity index (χ1) is 9.55. The van der Waals surface area contributed by atoms with Crippen molar-refractivity contribution in [1.82, 2.24) is 19.9 Å². The van der Waals surface area contributed by atoms with Gasteiger partial charge in [-0.15, -0.1) is 0 Å². The van der Waals surface area contributed by atoms with Crippen LogP contribution in [0.5, 0.6) is 0 Å². The van der Waals surface area contributed by atoms with E-state index in [-0.39, 0.29) is 0 Å². The second-order valence-corrected chi connectivity index (χ2v) is 5.22. The second kappa shape index (κ2) is 6.19. The van der Waals surface area contributed by atoms with Crippen LogP contribution in [-0.2, 0) is 0 Å². The number of nitrogens with zero attached hydrogens (tertiary/aromatic N) is 6. The number of hydrazine groups is 1. The summed E-state index contributed by atoms with van der Waals surface area (Å²) in [5.74, 6) is 7.12. The molecule has 2 rings (SSSR count). The molecule has 1 aliphatic rings. The Kier molecular flexibility index (Phi) is 4.56. The molecule has 0 radical (unpaired) electrons. The summed E-state index contributed by atoms with van der Waals surface area (Å²) in [4.78, 5) is 19.6. The monoisotopic (exact) mass is 280 g/mol. The third-order valence-electron chi connectivity index (χ3n) is 3.60. The van der Waals surface area contributed by atoms with Gasteiger partial charge in [-0.25, -0.2) is 5.84 Å². The van der Waals surface area contributed by atoms with Crippen molar-refractivity contribution < 1.29 is 0 Å². The number of aromatic nitrogens is 3. The smallest absolute Gasteiger partial charge is 0.243 e. The van der Waals surface area contributed by atoms with Gasteiger partial charge in [-0.3, -0.25) is 10.3 Å². The van der Waals surface area contributed by atoms with Crippen LogP contribution < -0.4 is 21.1 Å². The van der Waals surface area contributed by atoms with Crippen molar-refractivity contribution in [3.8, 4) is 0 Å². The van der Waals surface area contributed by atoms with Crippen molar-refractivity contribution in [2.45, 2.75) is 19.9 Å². The molecule has 0 saturated carbocycles. The summed E-state index contributed by atoms with van der Waals surface area (Å²) in [6, 6.07) is 0.489. The Morgan fingerprint density at radius 3 is 2.60 bits per heavy atom. The minimum atomic E-state index is 0.393. The zero-order valence-electron chi connectivity index (χ0n) is 12.7. The molecule has 0 aromatic carbocycles. The minimum absolute atomic E-state index is 0.393. The van der Waals surface area contributed by atoms with Crippen molar-refractivity contribution >= 4 is 17.8 Å². The maximum absolute atomic E-state index is 5.44. The van der Waals surface area contributed by atoms with Crippen molar-refractivity contribution in [3.63, 3.8) is 0 Å². The van der Waals surface area contributed by atoms with E-state index in [9.17, 15) is 0 Å². The zero-order valence-corrected chi connectivity index (χ0v) is 12.7. The molecule has 1 aliphatic heterocycles. The van der Waals surface area contributed by atoms with E-state index in [1.165, 1.54) is 0 Å². The number of nitrogens with one attached hydrogen (secondary N) is 1. The van der Waals surface area contributed by atoms with E-state index < -0.39 is 0 Å². The molecule has 3 N–H and O–H groups in total. The highest BCUT2D eigenvalue weighted by molar-refractivity contribution is 5.44. The summed E-state index contributed by atoms with van der Waals surface area (Å²) in [6.07, 6.45) is 0. The lowest BCUT2D eigenvalue weighted by Gasteiger charge is -2.39. The molecule has 1 atom stereocenters. The average Bonchev–Trinajstić information content (AvgIpc) is 2.46. The zero-order chi connectivity index (χ0) is 14.7. The summed E-state index contributed by atoms with van der Waals surface area (Å²) in [6.45, 7) is 8.34. The van der Waals surface area contributed by atoms with E-state index in [0.717, 1.165) is 26.2 Å². The summed E-state index contributed by atoms with van der Waals surface area (Å²) in [5.41, 5.74) is 2.51. The lowest BCUT2D eigenvalue weighted by molar-refractivity contribution is 0.198. The van der Waals surface area contributed by atoms with Gasteiger partial charge < -0.3 is 9.80 Å². The summed E-state index contributed by atoms with van der Waals surface area (Å²) < 4.78 is 0. The van der Waals surface area contributed by atoms with Crippen molar-refractivity contribution in [2.75, 3.05) is 55.5 Å². The van der Waals surface area contributed by atoms with Crippen LogP contribution in [0, 0.1) is 0 Å². The van der Waals surface area contributed by atoms with E-state index >= 15 is 0 Å². The molecular weight excluding hydrogens is 256 g/mol. The van der Waals surface area contributed by atoms with E-state index in [4.69, 9.17) is 5.84 Å². The molecule has 1 aromatic heterocycles. The maximum atomic E-state index is 5.44. The van der Waals surface area contributed by atoms with Gasteiger partial charge in [0.05, 0.1) is 0 Å². The fourth-order valence-electron chi connectivity index (χ4n) is 2.41. The van der Waals surface area contributed by atoms with Crippen LogP contribution in [0.15, 0.2) is 0 Å². The first-order valence-electron chi connectivity index (χ1n) is 6.94. The molecule has 0 bridgehead atoms. The molecule has 0 aliphatic carbocycles. The molecule has 8 heteroatoms. The van der Waals surface area contributed by atoms with Gasteiger partial charge in [0, 0.05) is 39.8 Å². The Bertz CT molecular complexity index is 449. The number of nitrogen functional groups attached to an aromatic ring is 1. The molecular formula is C12H24N8. The standard InChI is InChI=1S/C12H24N8/c1-5-19-6-7-20(8-9(19)2)12-15-10(17-13)14-11(16-12)18(3)4/h9H,5-8,13H2,1-4H3,(H,14,15,16,17). The van der Waals surface area contributed by atoms with E-state index in [2.05, 4.69) is 44.0 Å². The van der Waals surface area contributed by atoms with Gasteiger partial charge in [0.15, 0.2) is 0 Å². The van der Waals surface area contributed by atoms with E-state index in [0.29, 0.717) is 23.9 Å². The number of anilines is 3. The first kappa shape index (κ1) is 14.7. The highest BCUT2D eigenvalue weighted by Gasteiger charge is 2.25. The van der Waals surface area contributed by atoms with Gasteiger partial charge in [-0.1, -0.05) is 6.92 Å². The number of hydrogen-bond acceptors (Lipinski definition) is 8. The molecule has 8 nitrogen and oxygen atoms in total. The van der Waals surface area contributed by atoms with Crippen LogP contribution >= 0.6 is 0 Å². The van der Waals surface area contributed by atoms with Gasteiger partial charge in [0.1, 0.15) is 0 Å². The molecule has 1 fully saturated rings. The quantitative estimate of drug-likeness (QED) is 0.577. The third kappa shape index (κ3) is 3.07. The Morgan fingerprint density at radius 1 is 1.30 bits per heavy atom. The van der Waals surface area contributed by atoms with Crippen molar-refractivity contribution in [3.05, 3.63) is 0 Å². The average molecular weight is 280 g/mol. The molecule has 112 valence electrons. The number of hydrogen-bond donors (Lipinski definition) is 2. The summed E-state index contributed by atoms with van der Waals surface area (Å²) in [5, 5.41) is 0. The molecule has 20 heavy (non-hydrogen) atoms. The van der Waals surface area contributed by atoms with Gasteiger partial charge in [0.25, 0.3) is 0 Å². The lowest BCUT2D eigenvalue weighted by Crippen LogP contribution is -2.52. The third-order valence-corrected chi connectivity index (χ3v) is 3.60. The second-order valence-electron chi connectivity index (χ2n) is 5.22. The number of piperazine rings is 1. The Hall–Kier alpha value is -1.67. The van der Waals surface area contributed by atoms with Crippen LogP contribution in [0.25, 0.3) is 0 Å². The number of nitrogens with two attached hydrogens (primary N) is 1. The van der Waals surface area contributed by atoms with Crippen LogP contribution in [0.2, 0.25) is 0 Å². The number of likely N-dealkylation sites (N-methyl/N-ethyl adjacent to an activating group) is 1. The molecule has 1 saturated heterocycles. The van der Waals surface area contributed by atoms with E-state index in [1.54, 1.807) is 0 Å². The van der Waals surface area contributed by atoms with Crippen LogP contribution in [-0.4, -0.2) is 66.2 Å². The topological polar surface area (TPSA) is 86.4 Å². The summed E-state index contributed by atoms with van der Waals surface area (Å²) in [7, 11) is 3.80. The largest absolute Gasteiger partial charge is 0.347 e. The Balaban J connectivity index is 2.22. The first-order valence-corrected chi connectivity index (χ1v) is 6.94. The van der Waals surface area contributed by atoms with E-state index in [1.807, 2.05) is 19.0 Å². The normalized spacial score (nSPS) is 20.1. The molecule has 1 aromatic rings. The predicted octanol–water partition coefficient (Wildman–Crippen LogP) is -0.246. The Labute approximate surface area is 120 Å². The van der Waals surface area contributed by atoms with Crippen LogP contribution in [0.3, 0.4) is 0 Å². The summed E-state index contributed by atoms with van der Waals surface area (Å²) >= 11 is 0. The van der Waals surface area contributed by atoms with Crippen molar-refractivity contribution in [1.29, 1.82) is 0 Å². The highest BCUT2D eigenvalue weighted by atomic mass is 15.4. The SMILES string of the molecule is CCN1CCN(c2nc(NN)nc(N(C)C)n2)CC1C. The maximum Gasteiger partial charge on any atom is 0.243 e. The molecule has 0 amide bonds. The van der Waals surface area contributed by atoms with Gasteiger partial charge in [-0.2, -0.15) is 15.0 Å². The Morgan fingerprint density at radius 2 is 2.05 bits per heavy atom. The predicted molar refractivity (Wildman–Crippen MR) is 80.9 cm³/mol. The fraction of sp³-hybridized carbons (Fsp3) is 0.750. The van der Waals surface area contributed by atoms with Gasteiger partial charge >= 0.3 is 0 Å². The van der Waals surface area contributed by atoms with Crippen molar-refractivity contribution in [2.24, 2.45) is 5.84 Å².